The normalized spacial score (nSPS) is 10.1. The molecular weight excluding hydrogens is 372 g/mol. The fourth-order valence-corrected chi connectivity index (χ4v) is 2.52. The lowest BCUT2D eigenvalue weighted by Crippen LogP contribution is -2.17. The van der Waals surface area contributed by atoms with Crippen molar-refractivity contribution in [1.29, 1.82) is 0 Å². The SMILES string of the molecule is COC(=O)c1ccccc1NC(=O)c1ccc(Nc2ccc(C(C)=O)cc2)nn1. The Balaban J connectivity index is 1.69. The Bertz CT molecular complexity index is 1050. The van der Waals surface area contributed by atoms with Crippen LogP contribution in [0.15, 0.2) is 60.7 Å². The number of ether oxygens (including phenoxy) is 1. The number of Topliss-reactive ketones (excluding diaryl/α,β-unsaturated/α-hetero) is 1. The maximum Gasteiger partial charge on any atom is 0.339 e. The summed E-state index contributed by atoms with van der Waals surface area (Å²) in [6.45, 7) is 1.50. The van der Waals surface area contributed by atoms with Crippen LogP contribution in [0.5, 0.6) is 0 Å². The second kappa shape index (κ2) is 8.75. The molecule has 1 heterocycles. The first kappa shape index (κ1) is 19.7. The Morgan fingerprint density at radius 2 is 1.62 bits per heavy atom. The van der Waals surface area contributed by atoms with Gasteiger partial charge in [-0.3, -0.25) is 9.59 Å². The molecule has 2 N–H and O–H groups in total. The van der Waals surface area contributed by atoms with Gasteiger partial charge in [-0.15, -0.1) is 10.2 Å². The zero-order valence-electron chi connectivity index (χ0n) is 15.8. The van der Waals surface area contributed by atoms with Gasteiger partial charge in [0, 0.05) is 11.3 Å². The molecule has 0 radical (unpaired) electrons. The molecule has 0 saturated heterocycles. The smallest absolute Gasteiger partial charge is 0.339 e. The molecule has 0 aliphatic rings. The third-order valence-corrected chi connectivity index (χ3v) is 4.04. The van der Waals surface area contributed by atoms with Crippen LogP contribution in [-0.4, -0.2) is 35.0 Å². The number of para-hydroxylation sites is 1. The molecule has 146 valence electrons. The Kier molecular flexibility index (Phi) is 5.94. The second-order valence-electron chi connectivity index (χ2n) is 6.05. The van der Waals surface area contributed by atoms with Crippen molar-refractivity contribution in [2.24, 2.45) is 0 Å². The average molecular weight is 390 g/mol. The van der Waals surface area contributed by atoms with Crippen molar-refractivity contribution in [3.63, 3.8) is 0 Å². The topological polar surface area (TPSA) is 110 Å². The zero-order valence-corrected chi connectivity index (χ0v) is 15.8. The van der Waals surface area contributed by atoms with Crippen molar-refractivity contribution in [3.05, 3.63) is 77.5 Å². The van der Waals surface area contributed by atoms with E-state index in [9.17, 15) is 14.4 Å². The van der Waals surface area contributed by atoms with Gasteiger partial charge in [-0.05, 0) is 55.5 Å². The Morgan fingerprint density at radius 3 is 2.24 bits per heavy atom. The molecule has 0 aliphatic heterocycles. The fraction of sp³-hybridized carbons (Fsp3) is 0.0952. The van der Waals surface area contributed by atoms with E-state index in [1.807, 2.05) is 0 Å². The van der Waals surface area contributed by atoms with Crippen LogP contribution < -0.4 is 10.6 Å². The molecule has 29 heavy (non-hydrogen) atoms. The van der Waals surface area contributed by atoms with E-state index in [0.29, 0.717) is 17.1 Å². The van der Waals surface area contributed by atoms with Gasteiger partial charge in [0.15, 0.2) is 17.3 Å². The summed E-state index contributed by atoms with van der Waals surface area (Å²) in [4.78, 5) is 35.5. The van der Waals surface area contributed by atoms with Gasteiger partial charge in [0.1, 0.15) is 0 Å². The molecule has 0 saturated carbocycles. The van der Waals surface area contributed by atoms with E-state index in [1.54, 1.807) is 54.6 Å². The number of nitrogens with one attached hydrogen (secondary N) is 2. The van der Waals surface area contributed by atoms with Crippen LogP contribution >= 0.6 is 0 Å². The number of nitrogens with zero attached hydrogens (tertiary/aromatic N) is 2. The third-order valence-electron chi connectivity index (χ3n) is 4.04. The van der Waals surface area contributed by atoms with Crippen molar-refractivity contribution in [3.8, 4) is 0 Å². The first-order chi connectivity index (χ1) is 14.0. The molecule has 2 aromatic carbocycles. The zero-order chi connectivity index (χ0) is 20.8. The number of amides is 1. The van der Waals surface area contributed by atoms with E-state index in [0.717, 1.165) is 5.69 Å². The Morgan fingerprint density at radius 1 is 0.897 bits per heavy atom. The third kappa shape index (κ3) is 4.81. The van der Waals surface area contributed by atoms with E-state index in [-0.39, 0.29) is 17.0 Å². The Hall–Kier alpha value is -4.07. The van der Waals surface area contributed by atoms with Crippen molar-refractivity contribution in [2.45, 2.75) is 6.92 Å². The van der Waals surface area contributed by atoms with Gasteiger partial charge in [0.25, 0.3) is 5.91 Å². The molecule has 0 bridgehead atoms. The summed E-state index contributed by atoms with van der Waals surface area (Å²) in [5.74, 6) is -0.638. The van der Waals surface area contributed by atoms with Crippen molar-refractivity contribution in [2.75, 3.05) is 17.7 Å². The second-order valence-corrected chi connectivity index (χ2v) is 6.05. The molecule has 0 spiro atoms. The first-order valence-corrected chi connectivity index (χ1v) is 8.68. The van der Waals surface area contributed by atoms with E-state index < -0.39 is 11.9 Å². The monoisotopic (exact) mass is 390 g/mol. The van der Waals surface area contributed by atoms with Crippen molar-refractivity contribution >= 4 is 34.9 Å². The molecule has 8 nitrogen and oxygen atoms in total. The average Bonchev–Trinajstić information content (AvgIpc) is 2.74. The van der Waals surface area contributed by atoms with Gasteiger partial charge in [0.2, 0.25) is 0 Å². The highest BCUT2D eigenvalue weighted by molar-refractivity contribution is 6.07. The minimum absolute atomic E-state index is 0.0134. The van der Waals surface area contributed by atoms with E-state index >= 15 is 0 Å². The van der Waals surface area contributed by atoms with Crippen molar-refractivity contribution in [1.82, 2.24) is 10.2 Å². The molecule has 3 rings (SSSR count). The predicted molar refractivity (Wildman–Crippen MR) is 107 cm³/mol. The van der Waals surface area contributed by atoms with Gasteiger partial charge in [-0.1, -0.05) is 12.1 Å². The van der Waals surface area contributed by atoms with Crippen LogP contribution in [0.25, 0.3) is 0 Å². The van der Waals surface area contributed by atoms with Crippen LogP contribution in [0.4, 0.5) is 17.2 Å². The van der Waals surface area contributed by atoms with Gasteiger partial charge in [0.05, 0.1) is 18.4 Å². The molecule has 0 atom stereocenters. The number of hydrogen-bond acceptors (Lipinski definition) is 7. The first-order valence-electron chi connectivity index (χ1n) is 8.68. The van der Waals surface area contributed by atoms with Gasteiger partial charge < -0.3 is 15.4 Å². The highest BCUT2D eigenvalue weighted by Crippen LogP contribution is 2.18. The Labute approximate surface area is 166 Å². The van der Waals surface area contributed by atoms with Crippen LogP contribution in [0.3, 0.4) is 0 Å². The minimum atomic E-state index is -0.553. The van der Waals surface area contributed by atoms with E-state index in [4.69, 9.17) is 4.74 Å². The summed E-state index contributed by atoms with van der Waals surface area (Å²) in [5.41, 5.74) is 1.99. The maximum atomic E-state index is 12.4. The number of carbonyl (C=O) groups excluding carboxylic acids is 3. The molecule has 1 aromatic heterocycles. The minimum Gasteiger partial charge on any atom is -0.465 e. The van der Waals surface area contributed by atoms with Crippen LogP contribution in [0.1, 0.15) is 38.1 Å². The molecule has 0 aliphatic carbocycles. The molecule has 0 unspecified atom stereocenters. The lowest BCUT2D eigenvalue weighted by molar-refractivity contribution is 0.0601. The summed E-state index contributed by atoms with van der Waals surface area (Å²) in [6, 6.07) is 16.5. The molecule has 1 amide bonds. The molecular formula is C21H18N4O4. The van der Waals surface area contributed by atoms with Gasteiger partial charge >= 0.3 is 5.97 Å². The summed E-state index contributed by atoms with van der Waals surface area (Å²) in [7, 11) is 1.27. The number of aromatic nitrogens is 2. The number of ketones is 1. The lowest BCUT2D eigenvalue weighted by Gasteiger charge is -2.09. The van der Waals surface area contributed by atoms with Gasteiger partial charge in [-0.2, -0.15) is 0 Å². The summed E-state index contributed by atoms with van der Waals surface area (Å²) in [5, 5.41) is 13.6. The molecule has 8 heteroatoms. The highest BCUT2D eigenvalue weighted by atomic mass is 16.5. The summed E-state index contributed by atoms with van der Waals surface area (Å²) in [6.07, 6.45) is 0. The van der Waals surface area contributed by atoms with Crippen LogP contribution in [0.2, 0.25) is 0 Å². The molecule has 3 aromatic rings. The largest absolute Gasteiger partial charge is 0.465 e. The number of hydrogen-bond donors (Lipinski definition) is 2. The summed E-state index contributed by atoms with van der Waals surface area (Å²) >= 11 is 0. The number of carbonyl (C=O) groups is 3. The maximum absolute atomic E-state index is 12.4. The summed E-state index contributed by atoms with van der Waals surface area (Å²) < 4.78 is 4.71. The number of esters is 1. The number of methoxy groups -OCH3 is 1. The van der Waals surface area contributed by atoms with Crippen LogP contribution in [0, 0.1) is 0 Å². The highest BCUT2D eigenvalue weighted by Gasteiger charge is 2.15. The van der Waals surface area contributed by atoms with E-state index in [2.05, 4.69) is 20.8 Å². The van der Waals surface area contributed by atoms with E-state index in [1.165, 1.54) is 20.1 Å². The number of anilines is 3. The molecule has 0 fully saturated rings. The standard InChI is InChI=1S/C21H18N4O4/c1-13(26)14-7-9-15(10-8-14)22-19-12-11-18(24-25-19)20(27)23-17-6-4-3-5-16(17)21(28)29-2/h3-12H,1-2H3,(H,22,25)(H,23,27). The van der Waals surface area contributed by atoms with Gasteiger partial charge in [-0.25, -0.2) is 4.79 Å². The number of rotatable bonds is 6. The lowest BCUT2D eigenvalue weighted by atomic mass is 10.1. The number of benzene rings is 2. The quantitative estimate of drug-likeness (QED) is 0.490. The van der Waals surface area contributed by atoms with Crippen LogP contribution in [-0.2, 0) is 4.74 Å². The van der Waals surface area contributed by atoms with Crippen molar-refractivity contribution < 1.29 is 19.1 Å². The fourth-order valence-electron chi connectivity index (χ4n) is 2.52. The predicted octanol–water partition coefficient (Wildman–Crippen LogP) is 3.46.